The second-order valence-corrected chi connectivity index (χ2v) is 5.84. The topological polar surface area (TPSA) is 44.8 Å². The second-order valence-electron chi connectivity index (χ2n) is 5.84. The number of carbonyl (C=O) groups is 1. The predicted octanol–water partition coefficient (Wildman–Crippen LogP) is 1.57. The first-order valence-corrected chi connectivity index (χ1v) is 7.12. The van der Waals surface area contributed by atoms with Crippen molar-refractivity contribution >= 4 is 5.78 Å². The number of Topliss-reactive ketones (excluding diaryl/α,β-unsaturated/α-hetero) is 1. The van der Waals surface area contributed by atoms with Crippen LogP contribution in [0.25, 0.3) is 0 Å². The molecule has 3 atom stereocenters. The van der Waals surface area contributed by atoms with Gasteiger partial charge in [-0.25, -0.2) is 0 Å². The van der Waals surface area contributed by atoms with Crippen LogP contribution < -0.4 is 0 Å². The Morgan fingerprint density at radius 2 is 2.00 bits per heavy atom. The highest BCUT2D eigenvalue weighted by molar-refractivity contribution is 5.83. The lowest BCUT2D eigenvalue weighted by atomic mass is 9.78. The van der Waals surface area contributed by atoms with Gasteiger partial charge in [-0.1, -0.05) is 0 Å². The molecule has 0 aliphatic carbocycles. The van der Waals surface area contributed by atoms with Gasteiger partial charge in [-0.2, -0.15) is 0 Å². The van der Waals surface area contributed by atoms with E-state index in [-0.39, 0.29) is 17.4 Å². The van der Waals surface area contributed by atoms with Gasteiger partial charge in [-0.05, 0) is 25.7 Å². The highest BCUT2D eigenvalue weighted by Gasteiger charge is 2.44. The molecule has 3 saturated heterocycles. The van der Waals surface area contributed by atoms with E-state index >= 15 is 0 Å². The summed E-state index contributed by atoms with van der Waals surface area (Å²) in [5.74, 6) is 0.692. The highest BCUT2D eigenvalue weighted by atomic mass is 16.6. The number of rotatable bonds is 2. The molecule has 0 aromatic carbocycles. The van der Waals surface area contributed by atoms with Crippen LogP contribution in [0.4, 0.5) is 0 Å². The maximum absolute atomic E-state index is 12.5. The molecule has 0 amide bonds. The fraction of sp³-hybridized carbons (Fsp3) is 0.929. The smallest absolute Gasteiger partial charge is 0.141 e. The Balaban J connectivity index is 1.62. The zero-order valence-corrected chi connectivity index (χ0v) is 10.9. The van der Waals surface area contributed by atoms with Crippen LogP contribution in [0.1, 0.15) is 32.1 Å². The normalized spacial score (nSPS) is 41.1. The summed E-state index contributed by atoms with van der Waals surface area (Å²) in [7, 11) is 0. The van der Waals surface area contributed by atoms with Crippen molar-refractivity contribution in [2.45, 2.75) is 37.7 Å². The summed E-state index contributed by atoms with van der Waals surface area (Å²) in [6.07, 6.45) is 4.69. The minimum Gasteiger partial charge on any atom is -0.381 e. The van der Waals surface area contributed by atoms with E-state index in [9.17, 15) is 4.79 Å². The first-order chi connectivity index (χ1) is 8.79. The van der Waals surface area contributed by atoms with Crippen molar-refractivity contribution in [1.82, 2.24) is 0 Å². The van der Waals surface area contributed by atoms with Gasteiger partial charge in [-0.3, -0.25) is 4.79 Å². The van der Waals surface area contributed by atoms with Crippen LogP contribution in [0.15, 0.2) is 0 Å². The Morgan fingerprint density at radius 3 is 2.72 bits per heavy atom. The van der Waals surface area contributed by atoms with Gasteiger partial charge in [0.25, 0.3) is 0 Å². The summed E-state index contributed by atoms with van der Waals surface area (Å²) in [6.45, 7) is 3.58. The summed E-state index contributed by atoms with van der Waals surface area (Å²) in [4.78, 5) is 12.5. The van der Waals surface area contributed by atoms with Crippen LogP contribution in [-0.4, -0.2) is 44.4 Å². The molecule has 3 rings (SSSR count). The van der Waals surface area contributed by atoms with Crippen molar-refractivity contribution in [3.63, 3.8) is 0 Å². The predicted molar refractivity (Wildman–Crippen MR) is 65.4 cm³/mol. The lowest BCUT2D eigenvalue weighted by molar-refractivity contribution is -0.144. The van der Waals surface area contributed by atoms with E-state index in [0.717, 1.165) is 45.3 Å². The molecule has 4 heteroatoms. The molecule has 18 heavy (non-hydrogen) atoms. The van der Waals surface area contributed by atoms with E-state index in [1.54, 1.807) is 0 Å². The Hall–Kier alpha value is -0.450. The number of hydrogen-bond donors (Lipinski definition) is 0. The van der Waals surface area contributed by atoms with Crippen molar-refractivity contribution in [2.75, 3.05) is 33.0 Å². The molecule has 3 fully saturated rings. The molecule has 0 N–H and O–H groups in total. The molecule has 4 nitrogen and oxygen atoms in total. The van der Waals surface area contributed by atoms with Gasteiger partial charge in [0.1, 0.15) is 5.78 Å². The van der Waals surface area contributed by atoms with Crippen molar-refractivity contribution in [3.8, 4) is 0 Å². The number of ketones is 1. The summed E-state index contributed by atoms with van der Waals surface area (Å²) in [6, 6.07) is 0. The maximum Gasteiger partial charge on any atom is 0.141 e. The average Bonchev–Trinajstić information content (AvgIpc) is 2.87. The third-order valence-corrected chi connectivity index (χ3v) is 4.53. The van der Waals surface area contributed by atoms with Crippen LogP contribution >= 0.6 is 0 Å². The molecular formula is C14H22O4. The molecule has 3 aliphatic rings. The van der Waals surface area contributed by atoms with E-state index in [4.69, 9.17) is 14.2 Å². The maximum atomic E-state index is 12.5. The molecule has 3 unspecified atom stereocenters. The summed E-state index contributed by atoms with van der Waals surface area (Å²) >= 11 is 0. The molecule has 0 bridgehead atoms. The second kappa shape index (κ2) is 5.27. The SMILES string of the molecule is O=C(C1CCCOC1)C1CCOC2(CCOC2)C1. The van der Waals surface area contributed by atoms with Gasteiger partial charge in [0.2, 0.25) is 0 Å². The average molecular weight is 254 g/mol. The van der Waals surface area contributed by atoms with Crippen molar-refractivity contribution in [3.05, 3.63) is 0 Å². The molecule has 0 aromatic heterocycles. The van der Waals surface area contributed by atoms with Crippen LogP contribution in [0.3, 0.4) is 0 Å². The lowest BCUT2D eigenvalue weighted by Crippen LogP contribution is -2.44. The van der Waals surface area contributed by atoms with Gasteiger partial charge in [-0.15, -0.1) is 0 Å². The van der Waals surface area contributed by atoms with Crippen LogP contribution in [0.2, 0.25) is 0 Å². The molecule has 3 aliphatic heterocycles. The van der Waals surface area contributed by atoms with Gasteiger partial charge >= 0.3 is 0 Å². The van der Waals surface area contributed by atoms with E-state index in [0.29, 0.717) is 25.6 Å². The summed E-state index contributed by atoms with van der Waals surface area (Å²) < 4.78 is 16.8. The molecular weight excluding hydrogens is 232 g/mol. The largest absolute Gasteiger partial charge is 0.381 e. The van der Waals surface area contributed by atoms with Crippen molar-refractivity contribution < 1.29 is 19.0 Å². The van der Waals surface area contributed by atoms with Gasteiger partial charge in [0, 0.05) is 38.1 Å². The minimum atomic E-state index is -0.159. The third kappa shape index (κ3) is 2.46. The van der Waals surface area contributed by atoms with Crippen LogP contribution in [0, 0.1) is 11.8 Å². The quantitative estimate of drug-likeness (QED) is 0.750. The number of carbonyl (C=O) groups excluding carboxylic acids is 1. The fourth-order valence-corrected chi connectivity index (χ4v) is 3.43. The van der Waals surface area contributed by atoms with E-state index in [2.05, 4.69) is 0 Å². The molecule has 102 valence electrons. The van der Waals surface area contributed by atoms with Gasteiger partial charge in [0.05, 0.1) is 18.8 Å². The summed E-state index contributed by atoms with van der Waals surface area (Å²) in [5.41, 5.74) is -0.159. The van der Waals surface area contributed by atoms with Crippen LogP contribution in [0.5, 0.6) is 0 Å². The monoisotopic (exact) mass is 254 g/mol. The van der Waals surface area contributed by atoms with Crippen molar-refractivity contribution in [2.24, 2.45) is 11.8 Å². The highest BCUT2D eigenvalue weighted by Crippen LogP contribution is 2.37. The number of hydrogen-bond acceptors (Lipinski definition) is 4. The van der Waals surface area contributed by atoms with Crippen LogP contribution in [-0.2, 0) is 19.0 Å². The zero-order chi connectivity index (χ0) is 12.4. The minimum absolute atomic E-state index is 0.126. The first-order valence-electron chi connectivity index (χ1n) is 7.12. The van der Waals surface area contributed by atoms with E-state index < -0.39 is 0 Å². The standard InChI is InChI=1S/C14H22O4/c15-13(12-2-1-5-16-9-12)11-3-6-18-14(8-11)4-7-17-10-14/h11-12H,1-10H2. The fourth-order valence-electron chi connectivity index (χ4n) is 3.43. The third-order valence-electron chi connectivity index (χ3n) is 4.53. The molecule has 3 heterocycles. The Labute approximate surface area is 108 Å². The molecule has 0 radical (unpaired) electrons. The Bertz CT molecular complexity index is 303. The summed E-state index contributed by atoms with van der Waals surface area (Å²) in [5, 5.41) is 0. The van der Waals surface area contributed by atoms with Gasteiger partial charge < -0.3 is 14.2 Å². The van der Waals surface area contributed by atoms with E-state index in [1.807, 2.05) is 0 Å². The van der Waals surface area contributed by atoms with Gasteiger partial charge in [0.15, 0.2) is 0 Å². The molecule has 1 spiro atoms. The number of ether oxygens (including phenoxy) is 3. The zero-order valence-electron chi connectivity index (χ0n) is 10.9. The Morgan fingerprint density at radius 1 is 1.06 bits per heavy atom. The lowest BCUT2D eigenvalue weighted by Gasteiger charge is -2.38. The van der Waals surface area contributed by atoms with E-state index in [1.165, 1.54) is 0 Å². The molecule has 0 aromatic rings. The first kappa shape index (κ1) is 12.6. The van der Waals surface area contributed by atoms with Crippen molar-refractivity contribution in [1.29, 1.82) is 0 Å². The Kier molecular flexibility index (Phi) is 3.68. The molecule has 0 saturated carbocycles.